The van der Waals surface area contributed by atoms with Crippen LogP contribution in [0.4, 0.5) is 0 Å². The van der Waals surface area contributed by atoms with Crippen molar-refractivity contribution in [3.05, 3.63) is 21.4 Å². The van der Waals surface area contributed by atoms with Gasteiger partial charge < -0.3 is 9.64 Å². The van der Waals surface area contributed by atoms with Crippen LogP contribution in [-0.2, 0) is 16.0 Å². The lowest BCUT2D eigenvalue weighted by Gasteiger charge is -2.22. The summed E-state index contributed by atoms with van der Waals surface area (Å²) in [6, 6.07) is 1.55. The van der Waals surface area contributed by atoms with Crippen molar-refractivity contribution in [2.45, 2.75) is 46.1 Å². The van der Waals surface area contributed by atoms with E-state index in [4.69, 9.17) is 4.74 Å². The molecule has 1 fully saturated rings. The molecule has 0 spiro atoms. The first-order chi connectivity index (χ1) is 9.58. The van der Waals surface area contributed by atoms with Crippen LogP contribution >= 0.6 is 11.3 Å². The van der Waals surface area contributed by atoms with Crippen molar-refractivity contribution in [2.24, 2.45) is 0 Å². The molecule has 4 nitrogen and oxygen atoms in total. The molecule has 1 saturated heterocycles. The number of likely N-dealkylation sites (tertiary alicyclic amines) is 1. The molecule has 1 aliphatic heterocycles. The predicted molar refractivity (Wildman–Crippen MR) is 79.1 cm³/mol. The van der Waals surface area contributed by atoms with Crippen molar-refractivity contribution in [1.29, 1.82) is 0 Å². The van der Waals surface area contributed by atoms with Crippen LogP contribution in [0.2, 0.25) is 0 Å². The molecule has 1 amide bonds. The van der Waals surface area contributed by atoms with Crippen LogP contribution in [0, 0.1) is 6.92 Å². The number of carbonyl (C=O) groups excluding carboxylic acids is 2. The van der Waals surface area contributed by atoms with Crippen molar-refractivity contribution >= 4 is 23.2 Å². The second-order valence-electron chi connectivity index (χ2n) is 4.95. The molecule has 0 bridgehead atoms. The number of hydrogen-bond donors (Lipinski definition) is 0. The van der Waals surface area contributed by atoms with E-state index in [0.29, 0.717) is 19.6 Å². The van der Waals surface area contributed by atoms with Gasteiger partial charge in [-0.3, -0.25) is 4.79 Å². The molecule has 1 aromatic heterocycles. The van der Waals surface area contributed by atoms with Gasteiger partial charge in [-0.2, -0.15) is 0 Å². The first kappa shape index (κ1) is 15.0. The molecule has 2 rings (SSSR count). The van der Waals surface area contributed by atoms with E-state index in [-0.39, 0.29) is 11.9 Å². The van der Waals surface area contributed by atoms with Gasteiger partial charge in [0.15, 0.2) is 0 Å². The third-order valence-corrected chi connectivity index (χ3v) is 4.77. The van der Waals surface area contributed by atoms with Gasteiger partial charge in [-0.25, -0.2) is 4.79 Å². The Morgan fingerprint density at radius 3 is 2.80 bits per heavy atom. The van der Waals surface area contributed by atoms with E-state index in [1.54, 1.807) is 11.8 Å². The summed E-state index contributed by atoms with van der Waals surface area (Å²) in [5, 5.41) is 0. The minimum Gasteiger partial charge on any atom is -0.464 e. The summed E-state index contributed by atoms with van der Waals surface area (Å²) in [5.41, 5.74) is 1.21. The summed E-state index contributed by atoms with van der Waals surface area (Å²) in [5.74, 6) is -0.310. The zero-order valence-corrected chi connectivity index (χ0v) is 13.1. The first-order valence-corrected chi connectivity index (χ1v) is 7.97. The van der Waals surface area contributed by atoms with Crippen molar-refractivity contribution in [2.75, 3.05) is 13.2 Å². The Morgan fingerprint density at radius 1 is 1.45 bits per heavy atom. The zero-order valence-electron chi connectivity index (χ0n) is 12.3. The number of ether oxygens (including phenoxy) is 1. The first-order valence-electron chi connectivity index (χ1n) is 7.15. The maximum absolute atomic E-state index is 12.6. The molecule has 0 aromatic carbocycles. The number of amides is 1. The normalized spacial score (nSPS) is 18.4. The quantitative estimate of drug-likeness (QED) is 0.802. The highest BCUT2D eigenvalue weighted by molar-refractivity contribution is 7.14. The lowest BCUT2D eigenvalue weighted by molar-refractivity contribution is -0.147. The van der Waals surface area contributed by atoms with E-state index in [9.17, 15) is 9.59 Å². The van der Waals surface area contributed by atoms with Crippen LogP contribution in [0.1, 0.15) is 46.8 Å². The molecule has 0 radical (unpaired) electrons. The molecule has 1 aliphatic rings. The Morgan fingerprint density at radius 2 is 2.20 bits per heavy atom. The van der Waals surface area contributed by atoms with Crippen LogP contribution in [0.3, 0.4) is 0 Å². The molecule has 1 unspecified atom stereocenters. The minimum atomic E-state index is -0.407. The van der Waals surface area contributed by atoms with Crippen molar-refractivity contribution in [3.8, 4) is 0 Å². The van der Waals surface area contributed by atoms with Gasteiger partial charge in [0.1, 0.15) is 6.04 Å². The van der Waals surface area contributed by atoms with Crippen LogP contribution in [-0.4, -0.2) is 36.0 Å². The number of hydrogen-bond acceptors (Lipinski definition) is 4. The molecule has 2 heterocycles. The number of thiophene rings is 1. The molecule has 0 N–H and O–H groups in total. The fraction of sp³-hybridized carbons (Fsp3) is 0.600. The molecule has 5 heteroatoms. The van der Waals surface area contributed by atoms with Gasteiger partial charge >= 0.3 is 5.97 Å². The van der Waals surface area contributed by atoms with E-state index in [0.717, 1.165) is 17.7 Å². The molecular formula is C15H21NO3S. The van der Waals surface area contributed by atoms with E-state index in [1.165, 1.54) is 21.8 Å². The third kappa shape index (κ3) is 2.87. The number of nitrogens with zero attached hydrogens (tertiary/aromatic N) is 1. The molecule has 1 aromatic rings. The van der Waals surface area contributed by atoms with Crippen molar-refractivity contribution < 1.29 is 14.3 Å². The summed E-state index contributed by atoms with van der Waals surface area (Å²) >= 11 is 1.52. The molecule has 20 heavy (non-hydrogen) atoms. The number of rotatable bonds is 4. The average molecular weight is 295 g/mol. The maximum Gasteiger partial charge on any atom is 0.328 e. The predicted octanol–water partition coefficient (Wildman–Crippen LogP) is 2.79. The summed E-state index contributed by atoms with van der Waals surface area (Å²) in [6.45, 7) is 6.90. The van der Waals surface area contributed by atoms with E-state index >= 15 is 0 Å². The Hall–Kier alpha value is -1.36. The number of carbonyl (C=O) groups is 2. The van der Waals surface area contributed by atoms with Crippen molar-refractivity contribution in [3.63, 3.8) is 0 Å². The van der Waals surface area contributed by atoms with Gasteiger partial charge in [0.05, 0.1) is 11.5 Å². The van der Waals surface area contributed by atoms with E-state index < -0.39 is 6.04 Å². The monoisotopic (exact) mass is 295 g/mol. The molecule has 1 atom stereocenters. The zero-order chi connectivity index (χ0) is 14.7. The largest absolute Gasteiger partial charge is 0.464 e. The van der Waals surface area contributed by atoms with Gasteiger partial charge in [-0.05, 0) is 44.7 Å². The summed E-state index contributed by atoms with van der Waals surface area (Å²) in [6.07, 6.45) is 2.49. The Bertz CT molecular complexity index is 509. The second kappa shape index (κ2) is 6.39. The fourth-order valence-electron chi connectivity index (χ4n) is 2.61. The van der Waals surface area contributed by atoms with E-state index in [1.807, 2.05) is 13.0 Å². The lowest BCUT2D eigenvalue weighted by atomic mass is 10.2. The van der Waals surface area contributed by atoms with Gasteiger partial charge in [0.2, 0.25) is 0 Å². The highest BCUT2D eigenvalue weighted by atomic mass is 32.1. The second-order valence-corrected chi connectivity index (χ2v) is 6.21. The summed E-state index contributed by atoms with van der Waals surface area (Å²) in [4.78, 5) is 28.1. The highest BCUT2D eigenvalue weighted by Gasteiger charge is 2.36. The smallest absolute Gasteiger partial charge is 0.328 e. The molecule has 110 valence electrons. The average Bonchev–Trinajstić information content (AvgIpc) is 3.04. The van der Waals surface area contributed by atoms with Crippen LogP contribution in [0.5, 0.6) is 0 Å². The molecular weight excluding hydrogens is 274 g/mol. The van der Waals surface area contributed by atoms with Gasteiger partial charge in [0, 0.05) is 11.4 Å². The Balaban J connectivity index is 2.16. The van der Waals surface area contributed by atoms with Gasteiger partial charge in [0.25, 0.3) is 5.91 Å². The highest BCUT2D eigenvalue weighted by Crippen LogP contribution is 2.27. The lowest BCUT2D eigenvalue weighted by Crippen LogP contribution is -2.41. The van der Waals surface area contributed by atoms with E-state index in [2.05, 4.69) is 6.92 Å². The van der Waals surface area contributed by atoms with Gasteiger partial charge in [-0.1, -0.05) is 6.92 Å². The SMILES string of the molecule is CCOC(=O)C1CCCN1C(=O)c1cc(CC)c(C)s1. The standard InChI is InChI=1S/C15H21NO3S/c1-4-11-9-13(20-10(11)3)14(17)16-8-6-7-12(16)15(18)19-5-2/h9,12H,4-8H2,1-3H3. The number of esters is 1. The summed E-state index contributed by atoms with van der Waals surface area (Å²) in [7, 11) is 0. The topological polar surface area (TPSA) is 46.6 Å². The Labute approximate surface area is 123 Å². The van der Waals surface area contributed by atoms with Gasteiger partial charge in [-0.15, -0.1) is 11.3 Å². The van der Waals surface area contributed by atoms with Crippen LogP contribution in [0.15, 0.2) is 6.07 Å². The minimum absolute atomic E-state index is 0.0339. The van der Waals surface area contributed by atoms with Crippen LogP contribution in [0.25, 0.3) is 0 Å². The number of aryl methyl sites for hydroxylation is 2. The van der Waals surface area contributed by atoms with Crippen molar-refractivity contribution in [1.82, 2.24) is 4.90 Å². The third-order valence-electron chi connectivity index (χ3n) is 3.68. The molecule has 0 aliphatic carbocycles. The Kier molecular flexibility index (Phi) is 4.81. The van der Waals surface area contributed by atoms with Crippen LogP contribution < -0.4 is 0 Å². The maximum atomic E-state index is 12.6. The fourth-order valence-corrected chi connectivity index (χ4v) is 3.68. The molecule has 0 saturated carbocycles. The summed E-state index contributed by atoms with van der Waals surface area (Å²) < 4.78 is 5.06.